The van der Waals surface area contributed by atoms with Crippen molar-refractivity contribution >= 4 is 5.96 Å². The van der Waals surface area contributed by atoms with E-state index in [1.54, 1.807) is 7.11 Å². The largest absolute Gasteiger partial charge is 0.489 e. The number of guanidine groups is 1. The Kier molecular flexibility index (Phi) is 8.71. The summed E-state index contributed by atoms with van der Waals surface area (Å²) in [5, 5.41) is 3.43. The summed E-state index contributed by atoms with van der Waals surface area (Å²) in [4.78, 5) is 6.72. The maximum atomic E-state index is 5.98. The standard InChI is InChI=1S/C20H33N3O3/c1-16-6-5-7-19(12-16)26-17(2)13-22-20(21-3)23-9-8-18(14-23)15-25-11-10-24-4/h5-7,12,17-18H,8-11,13-15H2,1-4H3,(H,21,22). The van der Waals surface area contributed by atoms with E-state index in [-0.39, 0.29) is 6.10 Å². The second-order valence-corrected chi connectivity index (χ2v) is 6.84. The molecule has 146 valence electrons. The van der Waals surface area contributed by atoms with E-state index in [4.69, 9.17) is 14.2 Å². The third-order valence-corrected chi connectivity index (χ3v) is 4.46. The van der Waals surface area contributed by atoms with Crippen LogP contribution >= 0.6 is 0 Å². The summed E-state index contributed by atoms with van der Waals surface area (Å²) in [6.07, 6.45) is 1.19. The van der Waals surface area contributed by atoms with Gasteiger partial charge in [0.2, 0.25) is 0 Å². The molecule has 1 aromatic carbocycles. The van der Waals surface area contributed by atoms with Crippen LogP contribution in [0.15, 0.2) is 29.3 Å². The third-order valence-electron chi connectivity index (χ3n) is 4.46. The van der Waals surface area contributed by atoms with E-state index in [0.29, 0.717) is 25.7 Å². The van der Waals surface area contributed by atoms with Gasteiger partial charge in [-0.2, -0.15) is 0 Å². The van der Waals surface area contributed by atoms with Crippen LogP contribution in [-0.2, 0) is 9.47 Å². The SMILES string of the molecule is CN=C(NCC(C)Oc1cccc(C)c1)N1CCC(COCCOC)C1. The van der Waals surface area contributed by atoms with Gasteiger partial charge in [-0.3, -0.25) is 4.99 Å². The highest BCUT2D eigenvalue weighted by Crippen LogP contribution is 2.17. The van der Waals surface area contributed by atoms with Gasteiger partial charge < -0.3 is 24.4 Å². The lowest BCUT2D eigenvalue weighted by Gasteiger charge is -2.24. The lowest BCUT2D eigenvalue weighted by molar-refractivity contribution is 0.0536. The number of aryl methyl sites for hydroxylation is 1. The molecule has 1 heterocycles. The molecule has 0 spiro atoms. The second kappa shape index (κ2) is 11.0. The maximum absolute atomic E-state index is 5.98. The molecule has 0 amide bonds. The van der Waals surface area contributed by atoms with E-state index >= 15 is 0 Å². The second-order valence-electron chi connectivity index (χ2n) is 6.84. The minimum atomic E-state index is 0.0596. The number of benzene rings is 1. The molecule has 2 rings (SSSR count). The van der Waals surface area contributed by atoms with E-state index in [2.05, 4.69) is 41.2 Å². The van der Waals surface area contributed by atoms with Crippen molar-refractivity contribution in [2.45, 2.75) is 26.4 Å². The molecule has 0 aliphatic carbocycles. The van der Waals surface area contributed by atoms with E-state index < -0.39 is 0 Å². The van der Waals surface area contributed by atoms with Gasteiger partial charge in [-0.05, 0) is 38.0 Å². The Bertz CT molecular complexity index is 565. The minimum Gasteiger partial charge on any atom is -0.489 e. The monoisotopic (exact) mass is 363 g/mol. The quantitative estimate of drug-likeness (QED) is 0.415. The Balaban J connectivity index is 1.72. The number of hydrogen-bond donors (Lipinski definition) is 1. The molecule has 1 aliphatic heterocycles. The molecular weight excluding hydrogens is 330 g/mol. The number of nitrogens with one attached hydrogen (secondary N) is 1. The lowest BCUT2D eigenvalue weighted by atomic mass is 10.1. The highest BCUT2D eigenvalue weighted by Gasteiger charge is 2.25. The molecule has 0 saturated carbocycles. The molecule has 0 bridgehead atoms. The van der Waals surface area contributed by atoms with Crippen LogP contribution in [0.3, 0.4) is 0 Å². The smallest absolute Gasteiger partial charge is 0.193 e. The molecule has 2 unspecified atom stereocenters. The summed E-state index contributed by atoms with van der Waals surface area (Å²) in [7, 11) is 3.52. The zero-order valence-corrected chi connectivity index (χ0v) is 16.5. The molecule has 0 radical (unpaired) electrons. The zero-order valence-electron chi connectivity index (χ0n) is 16.5. The van der Waals surface area contributed by atoms with Gasteiger partial charge in [0.15, 0.2) is 5.96 Å². The first-order chi connectivity index (χ1) is 12.6. The van der Waals surface area contributed by atoms with Gasteiger partial charge in [0.25, 0.3) is 0 Å². The number of aliphatic imine (C=N–C) groups is 1. The molecule has 2 atom stereocenters. The van der Waals surface area contributed by atoms with Crippen LogP contribution in [0.5, 0.6) is 5.75 Å². The number of ether oxygens (including phenoxy) is 3. The van der Waals surface area contributed by atoms with Crippen molar-refractivity contribution < 1.29 is 14.2 Å². The van der Waals surface area contributed by atoms with Crippen LogP contribution in [0.4, 0.5) is 0 Å². The van der Waals surface area contributed by atoms with Crippen molar-refractivity contribution in [2.75, 3.05) is 53.6 Å². The predicted molar refractivity (Wildman–Crippen MR) is 105 cm³/mol. The summed E-state index contributed by atoms with van der Waals surface area (Å²) >= 11 is 0. The van der Waals surface area contributed by atoms with Crippen LogP contribution in [0, 0.1) is 12.8 Å². The number of nitrogens with zero attached hydrogens (tertiary/aromatic N) is 2. The normalized spacial score (nSPS) is 18.8. The zero-order chi connectivity index (χ0) is 18.8. The van der Waals surface area contributed by atoms with Crippen molar-refractivity contribution in [3.8, 4) is 5.75 Å². The molecular formula is C20H33N3O3. The van der Waals surface area contributed by atoms with Crippen LogP contribution in [0.2, 0.25) is 0 Å². The molecule has 6 heteroatoms. The van der Waals surface area contributed by atoms with Crippen LogP contribution in [-0.4, -0.2) is 70.6 Å². The van der Waals surface area contributed by atoms with Gasteiger partial charge in [-0.1, -0.05) is 12.1 Å². The highest BCUT2D eigenvalue weighted by atomic mass is 16.5. The Morgan fingerprint density at radius 1 is 1.38 bits per heavy atom. The summed E-state index contributed by atoms with van der Waals surface area (Å²) in [5.74, 6) is 2.39. The van der Waals surface area contributed by atoms with E-state index in [9.17, 15) is 0 Å². The van der Waals surface area contributed by atoms with Crippen molar-refractivity contribution in [1.29, 1.82) is 0 Å². The van der Waals surface area contributed by atoms with Gasteiger partial charge in [0.1, 0.15) is 11.9 Å². The Labute approximate surface area is 157 Å². The van der Waals surface area contributed by atoms with Crippen LogP contribution in [0.25, 0.3) is 0 Å². The van der Waals surface area contributed by atoms with E-state index in [0.717, 1.165) is 37.8 Å². The van der Waals surface area contributed by atoms with Crippen molar-refractivity contribution in [1.82, 2.24) is 10.2 Å². The first-order valence-electron chi connectivity index (χ1n) is 9.38. The van der Waals surface area contributed by atoms with E-state index in [1.807, 2.05) is 19.2 Å². The van der Waals surface area contributed by atoms with Gasteiger partial charge in [0.05, 0.1) is 26.4 Å². The van der Waals surface area contributed by atoms with Crippen molar-refractivity contribution in [3.63, 3.8) is 0 Å². The Morgan fingerprint density at radius 3 is 2.96 bits per heavy atom. The highest BCUT2D eigenvalue weighted by molar-refractivity contribution is 5.80. The molecule has 1 aliphatic rings. The number of rotatable bonds is 9. The number of likely N-dealkylation sites (tertiary alicyclic amines) is 1. The van der Waals surface area contributed by atoms with Crippen LogP contribution in [0.1, 0.15) is 18.9 Å². The Hall–Kier alpha value is -1.79. The summed E-state index contributed by atoms with van der Waals surface area (Å²) in [5.41, 5.74) is 1.20. The first-order valence-corrected chi connectivity index (χ1v) is 9.38. The summed E-state index contributed by atoms with van der Waals surface area (Å²) < 4.78 is 16.7. The van der Waals surface area contributed by atoms with E-state index in [1.165, 1.54) is 5.56 Å². The average Bonchev–Trinajstić information content (AvgIpc) is 3.08. The van der Waals surface area contributed by atoms with Gasteiger partial charge in [0, 0.05) is 33.2 Å². The fourth-order valence-electron chi connectivity index (χ4n) is 3.08. The third kappa shape index (κ3) is 6.84. The van der Waals surface area contributed by atoms with Crippen LogP contribution < -0.4 is 10.1 Å². The first kappa shape index (κ1) is 20.5. The molecule has 1 aromatic rings. The van der Waals surface area contributed by atoms with Gasteiger partial charge in [-0.25, -0.2) is 0 Å². The molecule has 1 N–H and O–H groups in total. The average molecular weight is 364 g/mol. The Morgan fingerprint density at radius 2 is 2.23 bits per heavy atom. The fourth-order valence-corrected chi connectivity index (χ4v) is 3.08. The number of hydrogen-bond acceptors (Lipinski definition) is 4. The molecule has 1 fully saturated rings. The summed E-state index contributed by atoms with van der Waals surface area (Å²) in [6.45, 7) is 8.92. The van der Waals surface area contributed by atoms with Gasteiger partial charge >= 0.3 is 0 Å². The lowest BCUT2D eigenvalue weighted by Crippen LogP contribution is -2.43. The predicted octanol–water partition coefficient (Wildman–Crippen LogP) is 2.32. The number of methoxy groups -OCH3 is 1. The topological polar surface area (TPSA) is 55.3 Å². The minimum absolute atomic E-state index is 0.0596. The van der Waals surface area contributed by atoms with Gasteiger partial charge in [-0.15, -0.1) is 0 Å². The summed E-state index contributed by atoms with van der Waals surface area (Å²) in [6, 6.07) is 8.14. The fraction of sp³-hybridized carbons (Fsp3) is 0.650. The molecule has 1 saturated heterocycles. The molecule has 26 heavy (non-hydrogen) atoms. The maximum Gasteiger partial charge on any atom is 0.193 e. The van der Waals surface area contributed by atoms with Crippen molar-refractivity contribution in [3.05, 3.63) is 29.8 Å². The van der Waals surface area contributed by atoms with Crippen molar-refractivity contribution in [2.24, 2.45) is 10.9 Å². The molecule has 0 aromatic heterocycles. The molecule has 6 nitrogen and oxygen atoms in total.